The zero-order valence-electron chi connectivity index (χ0n) is 16.2. The smallest absolute Gasteiger partial charge is 0.141 e. The summed E-state index contributed by atoms with van der Waals surface area (Å²) in [5.41, 5.74) is 1.88. The molecule has 6 heteroatoms. The summed E-state index contributed by atoms with van der Waals surface area (Å²) in [6, 6.07) is 0. The third kappa shape index (κ3) is 3.35. The average molecular weight is 375 g/mol. The van der Waals surface area contributed by atoms with Crippen molar-refractivity contribution in [2.45, 2.75) is 40.0 Å². The van der Waals surface area contributed by atoms with Gasteiger partial charge in [-0.3, -0.25) is 4.90 Å². The van der Waals surface area contributed by atoms with Gasteiger partial charge in [-0.1, -0.05) is 20.8 Å². The van der Waals surface area contributed by atoms with Crippen LogP contribution < -0.4 is 4.90 Å². The molecule has 2 aromatic heterocycles. The molecular formula is C20H30N4OS. The van der Waals surface area contributed by atoms with Gasteiger partial charge >= 0.3 is 0 Å². The summed E-state index contributed by atoms with van der Waals surface area (Å²) in [4.78, 5) is 16.8. The zero-order chi connectivity index (χ0) is 18.3. The van der Waals surface area contributed by atoms with Crippen LogP contribution in [0.3, 0.4) is 0 Å². The molecule has 2 aliphatic rings. The number of hydrogen-bond acceptors (Lipinski definition) is 6. The number of nitrogens with zero attached hydrogens (tertiary/aromatic N) is 4. The lowest BCUT2D eigenvalue weighted by Gasteiger charge is -2.36. The molecule has 1 saturated heterocycles. The van der Waals surface area contributed by atoms with Crippen molar-refractivity contribution in [3.63, 3.8) is 0 Å². The van der Waals surface area contributed by atoms with E-state index in [9.17, 15) is 0 Å². The summed E-state index contributed by atoms with van der Waals surface area (Å²) in [6.45, 7) is 12.0. The Balaban J connectivity index is 1.63. The van der Waals surface area contributed by atoms with Crippen molar-refractivity contribution >= 4 is 27.4 Å². The normalized spacial score (nSPS) is 22.0. The molecule has 142 valence electrons. The number of aryl methyl sites for hydroxylation is 1. The third-order valence-electron chi connectivity index (χ3n) is 6.14. The minimum Gasteiger partial charge on any atom is -0.395 e. The van der Waals surface area contributed by atoms with E-state index < -0.39 is 0 Å². The number of rotatable bonds is 3. The summed E-state index contributed by atoms with van der Waals surface area (Å²) in [5, 5.41) is 10.5. The van der Waals surface area contributed by atoms with Gasteiger partial charge in [0.1, 0.15) is 17.0 Å². The molecule has 2 aromatic rings. The average Bonchev–Trinajstić information content (AvgIpc) is 3.00. The Kier molecular flexibility index (Phi) is 4.92. The van der Waals surface area contributed by atoms with Gasteiger partial charge in [0.2, 0.25) is 0 Å². The first-order chi connectivity index (χ1) is 12.5. The van der Waals surface area contributed by atoms with E-state index in [1.807, 2.05) is 11.3 Å². The maximum Gasteiger partial charge on any atom is 0.141 e. The highest BCUT2D eigenvalue weighted by Crippen LogP contribution is 2.44. The van der Waals surface area contributed by atoms with Gasteiger partial charge in [0.05, 0.1) is 12.0 Å². The lowest BCUT2D eigenvalue weighted by molar-refractivity contribution is 0.188. The first-order valence-electron chi connectivity index (χ1n) is 9.81. The molecule has 1 N–H and O–H groups in total. The van der Waals surface area contributed by atoms with E-state index in [0.29, 0.717) is 5.41 Å². The first-order valence-corrected chi connectivity index (χ1v) is 10.6. The summed E-state index contributed by atoms with van der Waals surface area (Å²) in [6.07, 6.45) is 5.34. The quantitative estimate of drug-likeness (QED) is 0.895. The third-order valence-corrected chi connectivity index (χ3v) is 7.30. The van der Waals surface area contributed by atoms with Gasteiger partial charge in [0, 0.05) is 37.6 Å². The minimum atomic E-state index is 0.241. The maximum absolute atomic E-state index is 9.15. The molecule has 0 aromatic carbocycles. The molecule has 0 radical (unpaired) electrons. The number of thiophene rings is 1. The maximum atomic E-state index is 9.15. The molecule has 1 aliphatic carbocycles. The summed E-state index contributed by atoms with van der Waals surface area (Å²) in [7, 11) is 0. The van der Waals surface area contributed by atoms with Crippen molar-refractivity contribution in [2.24, 2.45) is 11.3 Å². The van der Waals surface area contributed by atoms with Crippen molar-refractivity contribution in [2.75, 3.05) is 44.2 Å². The van der Waals surface area contributed by atoms with Gasteiger partial charge < -0.3 is 10.0 Å². The van der Waals surface area contributed by atoms with E-state index in [2.05, 4.69) is 35.6 Å². The Hall–Kier alpha value is -1.24. The highest BCUT2D eigenvalue weighted by atomic mass is 32.1. The number of aliphatic hydroxyl groups is 1. The van der Waals surface area contributed by atoms with Gasteiger partial charge in [0.15, 0.2) is 0 Å². The van der Waals surface area contributed by atoms with E-state index >= 15 is 0 Å². The fourth-order valence-corrected chi connectivity index (χ4v) is 5.66. The van der Waals surface area contributed by atoms with Crippen molar-refractivity contribution in [1.29, 1.82) is 0 Å². The number of hydrogen-bond donors (Lipinski definition) is 1. The number of aliphatic hydroxyl groups excluding tert-OH is 1. The predicted molar refractivity (Wildman–Crippen MR) is 108 cm³/mol. The molecular weight excluding hydrogens is 344 g/mol. The first kappa shape index (κ1) is 18.1. The van der Waals surface area contributed by atoms with Gasteiger partial charge in [-0.05, 0) is 36.2 Å². The lowest BCUT2D eigenvalue weighted by Crippen LogP contribution is -2.47. The Morgan fingerprint density at radius 2 is 1.96 bits per heavy atom. The molecule has 1 aliphatic heterocycles. The molecule has 0 bridgehead atoms. The van der Waals surface area contributed by atoms with Gasteiger partial charge in [-0.15, -0.1) is 11.3 Å². The second kappa shape index (κ2) is 7.06. The molecule has 26 heavy (non-hydrogen) atoms. The van der Waals surface area contributed by atoms with Crippen LogP contribution in [0, 0.1) is 11.3 Å². The number of fused-ring (bicyclic) bond motifs is 3. The van der Waals surface area contributed by atoms with Crippen LogP contribution in [0.5, 0.6) is 0 Å². The molecule has 5 nitrogen and oxygen atoms in total. The van der Waals surface area contributed by atoms with Crippen LogP contribution in [0.4, 0.5) is 5.82 Å². The predicted octanol–water partition coefficient (Wildman–Crippen LogP) is 2.96. The van der Waals surface area contributed by atoms with Crippen LogP contribution in [-0.4, -0.2) is 59.3 Å². The Morgan fingerprint density at radius 1 is 1.19 bits per heavy atom. The number of piperazine rings is 1. The van der Waals surface area contributed by atoms with Crippen molar-refractivity contribution < 1.29 is 5.11 Å². The fourth-order valence-electron chi connectivity index (χ4n) is 4.40. The van der Waals surface area contributed by atoms with Crippen LogP contribution in [0.25, 0.3) is 10.2 Å². The number of aromatic nitrogens is 2. The molecule has 0 amide bonds. The summed E-state index contributed by atoms with van der Waals surface area (Å²) in [5.74, 6) is 1.88. The van der Waals surface area contributed by atoms with Crippen LogP contribution in [0.2, 0.25) is 0 Å². The second-order valence-corrected chi connectivity index (χ2v) is 9.82. The molecule has 3 heterocycles. The summed E-state index contributed by atoms with van der Waals surface area (Å²) >= 11 is 1.89. The zero-order valence-corrected chi connectivity index (χ0v) is 17.0. The topological polar surface area (TPSA) is 52.5 Å². The Bertz CT molecular complexity index is 774. The molecule has 0 saturated carbocycles. The second-order valence-electron chi connectivity index (χ2n) is 8.74. The van der Waals surface area contributed by atoms with Crippen LogP contribution in [-0.2, 0) is 12.8 Å². The largest absolute Gasteiger partial charge is 0.395 e. The van der Waals surface area contributed by atoms with Crippen LogP contribution in [0.1, 0.15) is 37.6 Å². The molecule has 1 fully saturated rings. The monoisotopic (exact) mass is 374 g/mol. The van der Waals surface area contributed by atoms with Gasteiger partial charge in [-0.2, -0.15) is 0 Å². The van der Waals surface area contributed by atoms with Crippen molar-refractivity contribution in [3.8, 4) is 0 Å². The van der Waals surface area contributed by atoms with Crippen LogP contribution in [0.15, 0.2) is 6.33 Å². The standard InChI is InChI=1S/C20H30N4OS/c1-20(2,3)14-4-5-15-16(12-14)26-19-17(15)18(21-13-22-19)24-8-6-23(7-9-24)10-11-25/h13-14,25H,4-12H2,1-3H3. The highest BCUT2D eigenvalue weighted by molar-refractivity contribution is 7.19. The van der Waals surface area contributed by atoms with Crippen molar-refractivity contribution in [1.82, 2.24) is 14.9 Å². The SMILES string of the molecule is CC(C)(C)C1CCc2c(sc3ncnc(N4CCN(CCO)CC4)c23)C1. The van der Waals surface area contributed by atoms with Crippen LogP contribution >= 0.6 is 11.3 Å². The Labute approximate surface area is 160 Å². The number of anilines is 1. The molecule has 1 unspecified atom stereocenters. The fraction of sp³-hybridized carbons (Fsp3) is 0.700. The molecule has 1 atom stereocenters. The molecule has 0 spiro atoms. The summed E-state index contributed by atoms with van der Waals surface area (Å²) < 4.78 is 0. The van der Waals surface area contributed by atoms with Gasteiger partial charge in [0.25, 0.3) is 0 Å². The van der Waals surface area contributed by atoms with E-state index in [0.717, 1.165) is 55.7 Å². The highest BCUT2D eigenvalue weighted by Gasteiger charge is 2.32. The Morgan fingerprint density at radius 3 is 2.65 bits per heavy atom. The minimum absolute atomic E-state index is 0.241. The van der Waals surface area contributed by atoms with E-state index in [4.69, 9.17) is 10.1 Å². The number of β-amino-alcohol motifs (C(OH)–C–C–N with tert-alkyl or cyclic N) is 1. The molecule has 4 rings (SSSR count). The van der Waals surface area contributed by atoms with E-state index in [1.54, 1.807) is 6.33 Å². The van der Waals surface area contributed by atoms with Crippen molar-refractivity contribution in [3.05, 3.63) is 16.8 Å². The van der Waals surface area contributed by atoms with E-state index in [-0.39, 0.29) is 6.61 Å². The van der Waals surface area contributed by atoms with Gasteiger partial charge in [-0.25, -0.2) is 9.97 Å². The van der Waals surface area contributed by atoms with E-state index in [1.165, 1.54) is 28.7 Å². The lowest BCUT2D eigenvalue weighted by atomic mass is 9.72.